The Kier molecular flexibility index (Phi) is 3.49. The second kappa shape index (κ2) is 5.44. The van der Waals surface area contributed by atoms with Crippen LogP contribution >= 0.6 is 11.6 Å². The second-order valence-electron chi connectivity index (χ2n) is 4.73. The molecule has 1 aliphatic rings. The first kappa shape index (κ1) is 12.8. The number of ether oxygens (including phenoxy) is 1. The van der Waals surface area contributed by atoms with Gasteiger partial charge in [-0.25, -0.2) is 0 Å². The van der Waals surface area contributed by atoms with Crippen LogP contribution in [0.4, 0.5) is 5.69 Å². The van der Waals surface area contributed by atoms with Gasteiger partial charge in [-0.15, -0.1) is 0 Å². The van der Waals surface area contributed by atoms with Gasteiger partial charge in [-0.05, 0) is 24.3 Å². The number of nitrogens with zero attached hydrogens (tertiary/aromatic N) is 1. The summed E-state index contributed by atoms with van der Waals surface area (Å²) in [5.74, 6) is 1.28. The SMILES string of the molecule is N#Cc1ccc(NCC2COc3ccccc32)c(Cl)c1. The maximum Gasteiger partial charge on any atom is 0.122 e. The van der Waals surface area contributed by atoms with Gasteiger partial charge in [0, 0.05) is 18.0 Å². The van der Waals surface area contributed by atoms with Crippen LogP contribution in [-0.2, 0) is 0 Å². The van der Waals surface area contributed by atoms with Crippen LogP contribution in [0.1, 0.15) is 17.0 Å². The van der Waals surface area contributed by atoms with Crippen molar-refractivity contribution in [2.24, 2.45) is 0 Å². The van der Waals surface area contributed by atoms with Gasteiger partial charge in [0.1, 0.15) is 5.75 Å². The van der Waals surface area contributed by atoms with E-state index in [0.717, 1.165) is 18.0 Å². The molecule has 3 nitrogen and oxygen atoms in total. The molecule has 0 bridgehead atoms. The molecule has 0 saturated heterocycles. The van der Waals surface area contributed by atoms with E-state index in [4.69, 9.17) is 21.6 Å². The summed E-state index contributed by atoms with van der Waals surface area (Å²) in [4.78, 5) is 0. The number of hydrogen-bond donors (Lipinski definition) is 1. The normalized spacial score (nSPS) is 16.1. The molecule has 3 rings (SSSR count). The summed E-state index contributed by atoms with van der Waals surface area (Å²) in [6.07, 6.45) is 0. The van der Waals surface area contributed by atoms with Gasteiger partial charge >= 0.3 is 0 Å². The van der Waals surface area contributed by atoms with Crippen molar-refractivity contribution in [1.29, 1.82) is 5.26 Å². The van der Waals surface area contributed by atoms with E-state index in [1.54, 1.807) is 12.1 Å². The molecule has 4 heteroatoms. The highest BCUT2D eigenvalue weighted by atomic mass is 35.5. The fourth-order valence-electron chi connectivity index (χ4n) is 2.36. The number of fused-ring (bicyclic) bond motifs is 1. The zero-order chi connectivity index (χ0) is 13.9. The number of halogens is 1. The Hall–Kier alpha value is -2.18. The van der Waals surface area contributed by atoms with Crippen LogP contribution in [0.25, 0.3) is 0 Å². The molecule has 0 amide bonds. The van der Waals surface area contributed by atoms with E-state index >= 15 is 0 Å². The monoisotopic (exact) mass is 284 g/mol. The smallest absolute Gasteiger partial charge is 0.122 e. The molecule has 1 aliphatic heterocycles. The Bertz CT molecular complexity index is 678. The molecule has 2 aromatic rings. The van der Waals surface area contributed by atoms with E-state index in [1.807, 2.05) is 24.3 Å². The molecular weight excluding hydrogens is 272 g/mol. The molecule has 1 N–H and O–H groups in total. The predicted molar refractivity (Wildman–Crippen MR) is 79.3 cm³/mol. The van der Waals surface area contributed by atoms with Gasteiger partial charge in [0.05, 0.1) is 28.9 Å². The molecule has 0 fully saturated rings. The zero-order valence-corrected chi connectivity index (χ0v) is 11.5. The minimum absolute atomic E-state index is 0.318. The first-order valence-electron chi connectivity index (χ1n) is 6.43. The first-order chi connectivity index (χ1) is 9.78. The van der Waals surface area contributed by atoms with Crippen molar-refractivity contribution < 1.29 is 4.74 Å². The van der Waals surface area contributed by atoms with Crippen LogP contribution in [0.2, 0.25) is 5.02 Å². The van der Waals surface area contributed by atoms with Gasteiger partial charge in [-0.3, -0.25) is 0 Å². The molecule has 20 heavy (non-hydrogen) atoms. The number of rotatable bonds is 3. The molecule has 0 saturated carbocycles. The highest BCUT2D eigenvalue weighted by Crippen LogP contribution is 2.34. The molecule has 1 unspecified atom stereocenters. The predicted octanol–water partition coefficient (Wildman–Crippen LogP) is 3.80. The standard InChI is InChI=1S/C16H13ClN2O/c17-14-7-11(8-18)5-6-15(14)19-9-12-10-20-16-4-2-1-3-13(12)16/h1-7,12,19H,9-10H2. The van der Waals surface area contributed by atoms with Crippen LogP contribution < -0.4 is 10.1 Å². The average Bonchev–Trinajstić information content (AvgIpc) is 2.89. The zero-order valence-electron chi connectivity index (χ0n) is 10.8. The molecule has 1 heterocycles. The van der Waals surface area contributed by atoms with E-state index < -0.39 is 0 Å². The van der Waals surface area contributed by atoms with E-state index in [1.165, 1.54) is 5.56 Å². The van der Waals surface area contributed by atoms with Crippen molar-refractivity contribution in [3.05, 3.63) is 58.6 Å². The average molecular weight is 285 g/mol. The summed E-state index contributed by atoms with van der Waals surface area (Å²) in [7, 11) is 0. The van der Waals surface area contributed by atoms with Crippen LogP contribution in [0, 0.1) is 11.3 Å². The van der Waals surface area contributed by atoms with Gasteiger partial charge in [0.25, 0.3) is 0 Å². The third-order valence-corrected chi connectivity index (χ3v) is 3.75. The van der Waals surface area contributed by atoms with Crippen molar-refractivity contribution in [2.75, 3.05) is 18.5 Å². The third-order valence-electron chi connectivity index (χ3n) is 3.44. The number of benzene rings is 2. The highest BCUT2D eigenvalue weighted by Gasteiger charge is 2.23. The number of anilines is 1. The van der Waals surface area contributed by atoms with Gasteiger partial charge in [-0.2, -0.15) is 5.26 Å². The van der Waals surface area contributed by atoms with Crippen molar-refractivity contribution in [1.82, 2.24) is 0 Å². The summed E-state index contributed by atoms with van der Waals surface area (Å²) >= 11 is 6.15. The second-order valence-corrected chi connectivity index (χ2v) is 5.14. The Morgan fingerprint density at radius 1 is 1.30 bits per heavy atom. The Balaban J connectivity index is 1.71. The quantitative estimate of drug-likeness (QED) is 0.932. The molecular formula is C16H13ClN2O. The Labute approximate surface area is 122 Å². The highest BCUT2D eigenvalue weighted by molar-refractivity contribution is 6.33. The lowest BCUT2D eigenvalue weighted by molar-refractivity contribution is 0.334. The molecule has 0 aromatic heterocycles. The number of nitrogens with one attached hydrogen (secondary N) is 1. The van der Waals surface area contributed by atoms with Crippen molar-refractivity contribution in [2.45, 2.75) is 5.92 Å². The van der Waals surface area contributed by atoms with E-state index in [9.17, 15) is 0 Å². The van der Waals surface area contributed by atoms with E-state index in [0.29, 0.717) is 23.1 Å². The molecule has 0 spiro atoms. The molecule has 2 aromatic carbocycles. The lowest BCUT2D eigenvalue weighted by Gasteiger charge is -2.13. The van der Waals surface area contributed by atoms with Crippen LogP contribution in [-0.4, -0.2) is 13.2 Å². The Morgan fingerprint density at radius 3 is 2.95 bits per heavy atom. The van der Waals surface area contributed by atoms with Gasteiger partial charge in [0.2, 0.25) is 0 Å². The minimum Gasteiger partial charge on any atom is -0.493 e. The molecule has 100 valence electrons. The lowest BCUT2D eigenvalue weighted by Crippen LogP contribution is -2.14. The number of para-hydroxylation sites is 1. The Morgan fingerprint density at radius 2 is 2.15 bits per heavy atom. The summed E-state index contributed by atoms with van der Waals surface area (Å²) in [5.41, 5.74) is 2.63. The van der Waals surface area contributed by atoms with Crippen molar-refractivity contribution in [3.63, 3.8) is 0 Å². The lowest BCUT2D eigenvalue weighted by atomic mass is 10.0. The minimum atomic E-state index is 0.318. The number of hydrogen-bond acceptors (Lipinski definition) is 3. The van der Waals surface area contributed by atoms with Crippen molar-refractivity contribution in [3.8, 4) is 11.8 Å². The van der Waals surface area contributed by atoms with Gasteiger partial charge in [-0.1, -0.05) is 29.8 Å². The van der Waals surface area contributed by atoms with Crippen LogP contribution in [0.15, 0.2) is 42.5 Å². The molecule has 1 atom stereocenters. The molecule has 0 radical (unpaired) electrons. The fourth-order valence-corrected chi connectivity index (χ4v) is 2.61. The first-order valence-corrected chi connectivity index (χ1v) is 6.81. The summed E-state index contributed by atoms with van der Waals surface area (Å²) in [6, 6.07) is 15.4. The summed E-state index contributed by atoms with van der Waals surface area (Å²) < 4.78 is 5.65. The maximum atomic E-state index is 8.82. The number of nitriles is 1. The summed E-state index contributed by atoms with van der Waals surface area (Å²) in [5, 5.41) is 12.7. The van der Waals surface area contributed by atoms with Gasteiger partial charge in [0.15, 0.2) is 0 Å². The summed E-state index contributed by atoms with van der Waals surface area (Å²) in [6.45, 7) is 1.43. The topological polar surface area (TPSA) is 45.0 Å². The van der Waals surface area contributed by atoms with Crippen molar-refractivity contribution >= 4 is 17.3 Å². The van der Waals surface area contributed by atoms with Gasteiger partial charge < -0.3 is 10.1 Å². The molecule has 0 aliphatic carbocycles. The third kappa shape index (κ3) is 2.43. The van der Waals surface area contributed by atoms with Crippen LogP contribution in [0.5, 0.6) is 5.75 Å². The largest absolute Gasteiger partial charge is 0.493 e. The van der Waals surface area contributed by atoms with E-state index in [2.05, 4.69) is 17.5 Å². The van der Waals surface area contributed by atoms with Crippen LogP contribution in [0.3, 0.4) is 0 Å². The maximum absolute atomic E-state index is 8.82. The van der Waals surface area contributed by atoms with E-state index in [-0.39, 0.29) is 0 Å². The fraction of sp³-hybridized carbons (Fsp3) is 0.188.